The lowest BCUT2D eigenvalue weighted by Gasteiger charge is -2.23. The van der Waals surface area contributed by atoms with E-state index in [0.717, 1.165) is 37.1 Å². The zero-order valence-corrected chi connectivity index (χ0v) is 13.7. The molecular weight excluding hydrogens is 264 g/mol. The van der Waals surface area contributed by atoms with Crippen molar-refractivity contribution in [3.63, 3.8) is 0 Å². The van der Waals surface area contributed by atoms with Gasteiger partial charge in [0.1, 0.15) is 11.5 Å². The third kappa shape index (κ3) is 4.24. The second kappa shape index (κ2) is 7.50. The zero-order chi connectivity index (χ0) is 15.2. The summed E-state index contributed by atoms with van der Waals surface area (Å²) in [5, 5.41) is 6.80. The fraction of sp³-hybridized carbons (Fsp3) is 0.688. The Morgan fingerprint density at radius 3 is 2.86 bits per heavy atom. The van der Waals surface area contributed by atoms with E-state index in [0.29, 0.717) is 6.04 Å². The summed E-state index contributed by atoms with van der Waals surface area (Å²) < 4.78 is 5.54. The number of guanidine groups is 1. The minimum Gasteiger partial charge on any atom is -0.466 e. The van der Waals surface area contributed by atoms with E-state index >= 15 is 0 Å². The Hall–Kier alpha value is -1.49. The summed E-state index contributed by atoms with van der Waals surface area (Å²) in [6.07, 6.45) is 2.58. The van der Waals surface area contributed by atoms with Crippen LogP contribution >= 0.6 is 0 Å². The molecule has 21 heavy (non-hydrogen) atoms. The fourth-order valence-electron chi connectivity index (χ4n) is 3.02. The molecule has 0 aliphatic carbocycles. The van der Waals surface area contributed by atoms with E-state index in [4.69, 9.17) is 4.42 Å². The second-order valence-electron chi connectivity index (χ2n) is 5.67. The summed E-state index contributed by atoms with van der Waals surface area (Å²) in [7, 11) is 1.81. The van der Waals surface area contributed by atoms with Gasteiger partial charge in [-0.3, -0.25) is 9.89 Å². The summed E-state index contributed by atoms with van der Waals surface area (Å²) in [5.41, 5.74) is 1.19. The molecule has 0 saturated carbocycles. The molecule has 1 fully saturated rings. The van der Waals surface area contributed by atoms with Gasteiger partial charge in [0.15, 0.2) is 5.96 Å². The second-order valence-corrected chi connectivity index (χ2v) is 5.67. The lowest BCUT2D eigenvalue weighted by atomic mass is 10.2. The third-order valence-corrected chi connectivity index (χ3v) is 4.22. The molecule has 2 heterocycles. The van der Waals surface area contributed by atoms with E-state index < -0.39 is 0 Å². The molecular formula is C16H28N4O. The van der Waals surface area contributed by atoms with Crippen molar-refractivity contribution in [2.24, 2.45) is 4.99 Å². The topological polar surface area (TPSA) is 52.8 Å². The van der Waals surface area contributed by atoms with Crippen LogP contribution in [0, 0.1) is 13.8 Å². The Kier molecular flexibility index (Phi) is 5.67. The van der Waals surface area contributed by atoms with Gasteiger partial charge in [-0.25, -0.2) is 0 Å². The van der Waals surface area contributed by atoms with Gasteiger partial charge in [0.25, 0.3) is 0 Å². The molecule has 118 valence electrons. The van der Waals surface area contributed by atoms with Crippen LogP contribution in [-0.4, -0.2) is 43.6 Å². The lowest BCUT2D eigenvalue weighted by Crippen LogP contribution is -2.44. The van der Waals surface area contributed by atoms with E-state index in [1.807, 2.05) is 20.9 Å². The van der Waals surface area contributed by atoms with Gasteiger partial charge < -0.3 is 15.1 Å². The van der Waals surface area contributed by atoms with E-state index in [-0.39, 0.29) is 0 Å². The summed E-state index contributed by atoms with van der Waals surface area (Å²) in [4.78, 5) is 6.83. The van der Waals surface area contributed by atoms with Crippen LogP contribution in [0.2, 0.25) is 0 Å². The summed E-state index contributed by atoms with van der Waals surface area (Å²) in [5.74, 6) is 2.79. The van der Waals surface area contributed by atoms with Gasteiger partial charge in [-0.05, 0) is 45.8 Å². The van der Waals surface area contributed by atoms with Gasteiger partial charge in [-0.2, -0.15) is 0 Å². The Morgan fingerprint density at radius 2 is 2.24 bits per heavy atom. The van der Waals surface area contributed by atoms with Crippen molar-refractivity contribution in [2.45, 2.75) is 46.2 Å². The minimum atomic E-state index is 0.631. The average Bonchev–Trinajstić information content (AvgIpc) is 3.05. The van der Waals surface area contributed by atoms with Crippen LogP contribution in [-0.2, 0) is 6.54 Å². The van der Waals surface area contributed by atoms with E-state index in [2.05, 4.69) is 33.5 Å². The molecule has 2 rings (SSSR count). The molecule has 5 heteroatoms. The normalized spacial score (nSPS) is 20.0. The van der Waals surface area contributed by atoms with Crippen LogP contribution in [0.4, 0.5) is 0 Å². The predicted octanol–water partition coefficient (Wildman–Crippen LogP) is 2.05. The van der Waals surface area contributed by atoms with Gasteiger partial charge in [-0.1, -0.05) is 6.92 Å². The maximum atomic E-state index is 5.54. The first-order valence-electron chi connectivity index (χ1n) is 7.88. The van der Waals surface area contributed by atoms with Crippen molar-refractivity contribution < 1.29 is 4.42 Å². The van der Waals surface area contributed by atoms with E-state index in [1.54, 1.807) is 0 Å². The minimum absolute atomic E-state index is 0.631. The molecule has 0 amide bonds. The summed E-state index contributed by atoms with van der Waals surface area (Å²) in [6.45, 7) is 10.3. The largest absolute Gasteiger partial charge is 0.466 e. The first-order valence-corrected chi connectivity index (χ1v) is 7.88. The smallest absolute Gasteiger partial charge is 0.191 e. The highest BCUT2D eigenvalue weighted by molar-refractivity contribution is 5.79. The number of aliphatic imine (C=N–C) groups is 1. The monoisotopic (exact) mass is 292 g/mol. The van der Waals surface area contributed by atoms with Crippen LogP contribution in [0.15, 0.2) is 15.5 Å². The molecule has 1 aliphatic rings. The maximum absolute atomic E-state index is 5.54. The number of rotatable bonds is 5. The average molecular weight is 292 g/mol. The molecule has 5 nitrogen and oxygen atoms in total. The van der Waals surface area contributed by atoms with Crippen molar-refractivity contribution in [1.29, 1.82) is 0 Å². The molecule has 0 radical (unpaired) electrons. The quantitative estimate of drug-likeness (QED) is 0.644. The van der Waals surface area contributed by atoms with Crippen molar-refractivity contribution in [2.75, 3.05) is 26.7 Å². The molecule has 1 unspecified atom stereocenters. The Morgan fingerprint density at radius 1 is 1.43 bits per heavy atom. The first kappa shape index (κ1) is 15.9. The Labute approximate surface area is 127 Å². The van der Waals surface area contributed by atoms with Crippen molar-refractivity contribution in [3.05, 3.63) is 23.2 Å². The number of likely N-dealkylation sites (tertiary alicyclic amines) is 1. The molecule has 2 N–H and O–H groups in total. The van der Waals surface area contributed by atoms with Crippen molar-refractivity contribution in [3.8, 4) is 0 Å². The standard InChI is InChI=1S/C16H28N4O/c1-5-20-8-6-7-15(20)11-19-16(17-4)18-10-14-9-12(2)21-13(14)3/h9,15H,5-8,10-11H2,1-4H3,(H2,17,18,19). The van der Waals surface area contributed by atoms with Crippen LogP contribution in [0.3, 0.4) is 0 Å². The number of furan rings is 1. The Balaban J connectivity index is 1.80. The molecule has 1 aliphatic heterocycles. The number of aryl methyl sites for hydroxylation is 2. The number of hydrogen-bond donors (Lipinski definition) is 2. The Bertz CT molecular complexity index is 481. The number of likely N-dealkylation sites (N-methyl/N-ethyl adjacent to an activating group) is 1. The molecule has 0 spiro atoms. The zero-order valence-electron chi connectivity index (χ0n) is 13.7. The van der Waals surface area contributed by atoms with Crippen LogP contribution in [0.1, 0.15) is 36.8 Å². The fourth-order valence-corrected chi connectivity index (χ4v) is 3.02. The lowest BCUT2D eigenvalue weighted by molar-refractivity contribution is 0.267. The van der Waals surface area contributed by atoms with Crippen LogP contribution in [0.25, 0.3) is 0 Å². The van der Waals surface area contributed by atoms with E-state index in [1.165, 1.54) is 24.9 Å². The van der Waals surface area contributed by atoms with Gasteiger partial charge in [0.05, 0.1) is 0 Å². The highest BCUT2D eigenvalue weighted by atomic mass is 16.3. The highest BCUT2D eigenvalue weighted by Gasteiger charge is 2.22. The van der Waals surface area contributed by atoms with Gasteiger partial charge in [0, 0.05) is 31.7 Å². The maximum Gasteiger partial charge on any atom is 0.191 e. The molecule has 1 atom stereocenters. The summed E-state index contributed by atoms with van der Waals surface area (Å²) in [6, 6.07) is 2.71. The molecule has 1 saturated heterocycles. The van der Waals surface area contributed by atoms with Gasteiger partial charge in [0.2, 0.25) is 0 Å². The number of nitrogens with zero attached hydrogens (tertiary/aromatic N) is 2. The highest BCUT2D eigenvalue weighted by Crippen LogP contribution is 2.15. The molecule has 0 bridgehead atoms. The number of hydrogen-bond acceptors (Lipinski definition) is 3. The predicted molar refractivity (Wildman–Crippen MR) is 86.7 cm³/mol. The first-order chi connectivity index (χ1) is 10.1. The van der Waals surface area contributed by atoms with E-state index in [9.17, 15) is 0 Å². The summed E-state index contributed by atoms with van der Waals surface area (Å²) >= 11 is 0. The van der Waals surface area contributed by atoms with Crippen molar-refractivity contribution >= 4 is 5.96 Å². The molecule has 1 aromatic heterocycles. The molecule has 1 aromatic rings. The SMILES string of the molecule is CCN1CCCC1CNC(=NC)NCc1cc(C)oc1C. The van der Waals surface area contributed by atoms with Crippen LogP contribution < -0.4 is 10.6 Å². The van der Waals surface area contributed by atoms with Crippen LogP contribution in [0.5, 0.6) is 0 Å². The van der Waals surface area contributed by atoms with Crippen molar-refractivity contribution in [1.82, 2.24) is 15.5 Å². The number of nitrogens with one attached hydrogen (secondary N) is 2. The third-order valence-electron chi connectivity index (χ3n) is 4.22. The van der Waals surface area contributed by atoms with Gasteiger partial charge in [-0.15, -0.1) is 0 Å². The van der Waals surface area contributed by atoms with Gasteiger partial charge >= 0.3 is 0 Å². The molecule has 0 aromatic carbocycles.